The van der Waals surface area contributed by atoms with E-state index in [1.165, 1.54) is 0 Å². The van der Waals surface area contributed by atoms with Gasteiger partial charge in [-0.2, -0.15) is 0 Å². The van der Waals surface area contributed by atoms with Crippen LogP contribution in [0.4, 0.5) is 10.5 Å². The van der Waals surface area contributed by atoms with Gasteiger partial charge < -0.3 is 31.5 Å². The van der Waals surface area contributed by atoms with Crippen LogP contribution in [0.5, 0.6) is 0 Å². The minimum atomic E-state index is -0.595. The molecule has 0 aromatic heterocycles. The lowest BCUT2D eigenvalue weighted by Crippen LogP contribution is -2.51. The molecular formula is C22H38N4O5. The maximum absolute atomic E-state index is 12.0. The number of benzene rings is 1. The molecule has 1 aromatic carbocycles. The summed E-state index contributed by atoms with van der Waals surface area (Å²) in [6, 6.07) is 6.39. The largest absolute Gasteiger partial charge is 0.444 e. The van der Waals surface area contributed by atoms with Crippen molar-refractivity contribution in [2.75, 3.05) is 18.4 Å². The van der Waals surface area contributed by atoms with E-state index in [1.807, 2.05) is 13.8 Å². The van der Waals surface area contributed by atoms with Gasteiger partial charge in [-0.05, 0) is 63.8 Å². The van der Waals surface area contributed by atoms with E-state index in [0.29, 0.717) is 19.5 Å². The molecule has 1 atom stereocenters. The molecule has 1 rings (SSSR count). The minimum Gasteiger partial charge on any atom is -0.444 e. The number of anilines is 1. The number of alkyl carbamates (subject to hydrolysis) is 1. The van der Waals surface area contributed by atoms with Gasteiger partial charge in [0.1, 0.15) is 11.6 Å². The van der Waals surface area contributed by atoms with Crippen LogP contribution in [0.3, 0.4) is 0 Å². The highest BCUT2D eigenvalue weighted by molar-refractivity contribution is 5.85. The molecule has 0 bridgehead atoms. The average Bonchev–Trinajstić information content (AvgIpc) is 2.69. The molecule has 0 fully saturated rings. The number of aliphatic hydroxyl groups is 1. The Kier molecular flexibility index (Phi) is 13.9. The average molecular weight is 439 g/mol. The Morgan fingerprint density at radius 1 is 1.16 bits per heavy atom. The first kappa shape index (κ1) is 28.4. The Labute approximate surface area is 185 Å². The van der Waals surface area contributed by atoms with Gasteiger partial charge in [0, 0.05) is 12.2 Å². The number of aliphatic hydroxyl groups excluding tert-OH is 1. The number of hydrogen-bond acceptors (Lipinski definition) is 6. The number of hydrogen-bond donors (Lipinski definition) is 5. The van der Waals surface area contributed by atoms with Crippen molar-refractivity contribution in [1.29, 1.82) is 0 Å². The van der Waals surface area contributed by atoms with E-state index in [4.69, 9.17) is 15.6 Å². The SMILES string of the molecule is CC(C)C(NC(=O)OC(C)(C)C)C(=O)NCCCCN.O=CNc1ccc(CO)cc1. The molecule has 0 spiro atoms. The van der Waals surface area contributed by atoms with E-state index in [9.17, 15) is 14.4 Å². The smallest absolute Gasteiger partial charge is 0.408 e. The zero-order valence-electron chi connectivity index (χ0n) is 19.2. The van der Waals surface area contributed by atoms with Crippen LogP contribution in [-0.2, 0) is 20.9 Å². The van der Waals surface area contributed by atoms with E-state index in [2.05, 4.69) is 16.0 Å². The fourth-order valence-electron chi connectivity index (χ4n) is 2.33. The molecule has 1 aromatic rings. The molecule has 1 unspecified atom stereocenters. The number of ether oxygens (including phenoxy) is 1. The zero-order chi connectivity index (χ0) is 23.9. The van der Waals surface area contributed by atoms with Crippen LogP contribution < -0.4 is 21.7 Å². The third-order valence-electron chi connectivity index (χ3n) is 3.91. The summed E-state index contributed by atoms with van der Waals surface area (Å²) in [5, 5.41) is 16.6. The van der Waals surface area contributed by atoms with Crippen molar-refractivity contribution in [3.8, 4) is 0 Å². The monoisotopic (exact) mass is 438 g/mol. The molecule has 0 aliphatic carbocycles. The van der Waals surface area contributed by atoms with Crippen molar-refractivity contribution in [3.63, 3.8) is 0 Å². The van der Waals surface area contributed by atoms with Crippen molar-refractivity contribution < 1.29 is 24.2 Å². The topological polar surface area (TPSA) is 143 Å². The van der Waals surface area contributed by atoms with Crippen LogP contribution in [0.1, 0.15) is 53.0 Å². The Morgan fingerprint density at radius 2 is 1.77 bits per heavy atom. The molecule has 31 heavy (non-hydrogen) atoms. The van der Waals surface area contributed by atoms with Crippen LogP contribution in [0.25, 0.3) is 0 Å². The lowest BCUT2D eigenvalue weighted by molar-refractivity contribution is -0.124. The summed E-state index contributed by atoms with van der Waals surface area (Å²) in [7, 11) is 0. The fraction of sp³-hybridized carbons (Fsp3) is 0.591. The number of amides is 3. The van der Waals surface area contributed by atoms with Crippen LogP contribution >= 0.6 is 0 Å². The summed E-state index contributed by atoms with van der Waals surface area (Å²) in [4.78, 5) is 33.7. The van der Waals surface area contributed by atoms with Gasteiger partial charge in [0.05, 0.1) is 6.61 Å². The third-order valence-corrected chi connectivity index (χ3v) is 3.91. The maximum Gasteiger partial charge on any atom is 0.408 e. The predicted octanol–water partition coefficient (Wildman–Crippen LogP) is 2.14. The number of carbonyl (C=O) groups is 3. The summed E-state index contributed by atoms with van der Waals surface area (Å²) in [6.07, 6.45) is 1.74. The number of unbranched alkanes of at least 4 members (excludes halogenated alkanes) is 1. The molecule has 0 radical (unpaired) electrons. The molecule has 9 nitrogen and oxygen atoms in total. The highest BCUT2D eigenvalue weighted by atomic mass is 16.6. The molecule has 9 heteroatoms. The highest BCUT2D eigenvalue weighted by Crippen LogP contribution is 2.09. The van der Waals surface area contributed by atoms with Crippen LogP contribution in [-0.4, -0.2) is 48.2 Å². The fourth-order valence-corrected chi connectivity index (χ4v) is 2.33. The van der Waals surface area contributed by atoms with Crippen molar-refractivity contribution in [3.05, 3.63) is 29.8 Å². The second-order valence-electron chi connectivity index (χ2n) is 8.27. The van der Waals surface area contributed by atoms with Crippen molar-refractivity contribution in [2.24, 2.45) is 11.7 Å². The molecule has 0 aliphatic rings. The van der Waals surface area contributed by atoms with E-state index in [-0.39, 0.29) is 18.4 Å². The Bertz CT molecular complexity index is 657. The van der Waals surface area contributed by atoms with Crippen LogP contribution in [0.2, 0.25) is 0 Å². The summed E-state index contributed by atoms with van der Waals surface area (Å²) in [6.45, 7) is 10.3. The molecule has 0 heterocycles. The lowest BCUT2D eigenvalue weighted by atomic mass is 10.0. The molecule has 176 valence electrons. The molecule has 0 saturated heterocycles. The summed E-state index contributed by atoms with van der Waals surface area (Å²) < 4.78 is 5.16. The first-order chi connectivity index (χ1) is 14.5. The minimum absolute atomic E-state index is 0.0166. The number of carbonyl (C=O) groups excluding carboxylic acids is 3. The van der Waals surface area contributed by atoms with Gasteiger partial charge in [-0.15, -0.1) is 0 Å². The lowest BCUT2D eigenvalue weighted by Gasteiger charge is -2.25. The molecule has 3 amide bonds. The highest BCUT2D eigenvalue weighted by Gasteiger charge is 2.26. The Morgan fingerprint density at radius 3 is 2.23 bits per heavy atom. The normalized spacial score (nSPS) is 11.6. The van der Waals surface area contributed by atoms with E-state index >= 15 is 0 Å². The summed E-state index contributed by atoms with van der Waals surface area (Å²) >= 11 is 0. The van der Waals surface area contributed by atoms with Gasteiger partial charge >= 0.3 is 6.09 Å². The van der Waals surface area contributed by atoms with Crippen molar-refractivity contribution in [1.82, 2.24) is 10.6 Å². The van der Waals surface area contributed by atoms with Crippen molar-refractivity contribution in [2.45, 2.75) is 65.7 Å². The third kappa shape index (κ3) is 14.1. The van der Waals surface area contributed by atoms with Gasteiger partial charge in [-0.1, -0.05) is 26.0 Å². The van der Waals surface area contributed by atoms with Crippen LogP contribution in [0.15, 0.2) is 24.3 Å². The van der Waals surface area contributed by atoms with Crippen molar-refractivity contribution >= 4 is 24.1 Å². The predicted molar refractivity (Wildman–Crippen MR) is 121 cm³/mol. The van der Waals surface area contributed by atoms with Gasteiger partial charge in [0.25, 0.3) is 0 Å². The quantitative estimate of drug-likeness (QED) is 0.280. The Hall–Kier alpha value is -2.65. The second-order valence-corrected chi connectivity index (χ2v) is 8.27. The van der Waals surface area contributed by atoms with Gasteiger partial charge in [-0.3, -0.25) is 9.59 Å². The molecule has 0 aliphatic heterocycles. The standard InChI is InChI=1S/C14H29N3O3.C8H9NO2/c1-10(2)11(12(18)16-9-7-6-8-15)17-13(19)20-14(3,4)5;10-5-7-1-3-8(4-2-7)9-6-11/h10-11H,6-9,15H2,1-5H3,(H,16,18)(H,17,19);1-4,6,10H,5H2,(H,9,11). The summed E-state index contributed by atoms with van der Waals surface area (Å²) in [5.41, 5.74) is 6.38. The van der Waals surface area contributed by atoms with Gasteiger partial charge in [0.15, 0.2) is 0 Å². The molecule has 6 N–H and O–H groups in total. The van der Waals surface area contributed by atoms with E-state index < -0.39 is 17.7 Å². The Balaban J connectivity index is 0.000000683. The van der Waals surface area contributed by atoms with Crippen LogP contribution in [0, 0.1) is 5.92 Å². The first-order valence-electron chi connectivity index (χ1n) is 10.4. The molecular weight excluding hydrogens is 400 g/mol. The first-order valence-corrected chi connectivity index (χ1v) is 10.4. The number of rotatable bonds is 10. The zero-order valence-corrected chi connectivity index (χ0v) is 19.2. The summed E-state index contributed by atoms with van der Waals surface area (Å²) in [5.74, 6) is -0.208. The number of nitrogens with one attached hydrogen (secondary N) is 3. The number of nitrogens with two attached hydrogens (primary N) is 1. The maximum atomic E-state index is 12.0. The van der Waals surface area contributed by atoms with Gasteiger partial charge in [0.2, 0.25) is 12.3 Å². The molecule has 0 saturated carbocycles. The second kappa shape index (κ2) is 15.2. The van der Waals surface area contributed by atoms with Gasteiger partial charge in [-0.25, -0.2) is 4.79 Å². The van der Waals surface area contributed by atoms with E-state index in [1.54, 1.807) is 45.0 Å². The van der Waals surface area contributed by atoms with E-state index in [0.717, 1.165) is 24.1 Å².